The molecule has 2 nitrogen and oxygen atoms in total. The highest BCUT2D eigenvalue weighted by molar-refractivity contribution is 8.23. The number of nitrogens with zero attached hydrogens (tertiary/aromatic N) is 1. The summed E-state index contributed by atoms with van der Waals surface area (Å²) in [7, 11) is 0. The maximum atomic E-state index is 5.57. The fourth-order valence-corrected chi connectivity index (χ4v) is 2.47. The van der Waals surface area contributed by atoms with Crippen LogP contribution in [0.1, 0.15) is 20.3 Å². The molecule has 0 aromatic heterocycles. The number of thiocarbonyl (C=S) groups is 1. The van der Waals surface area contributed by atoms with Crippen molar-refractivity contribution in [2.24, 2.45) is 0 Å². The topological polar surface area (TPSA) is 12.5 Å². The van der Waals surface area contributed by atoms with E-state index in [4.69, 9.17) is 17.0 Å². The minimum absolute atomic E-state index is 0.160. The molecule has 0 amide bonds. The molecule has 0 bridgehead atoms. The van der Waals surface area contributed by atoms with Gasteiger partial charge in [-0.25, -0.2) is 0 Å². The van der Waals surface area contributed by atoms with Crippen LogP contribution in [-0.2, 0) is 4.74 Å². The second-order valence-corrected chi connectivity index (χ2v) is 4.51. The van der Waals surface area contributed by atoms with E-state index in [1.165, 1.54) is 0 Å². The van der Waals surface area contributed by atoms with E-state index in [1.54, 1.807) is 11.8 Å². The second-order valence-electron chi connectivity index (χ2n) is 2.78. The number of rotatable bonds is 4. The van der Waals surface area contributed by atoms with Crippen molar-refractivity contribution in [2.75, 3.05) is 18.9 Å². The summed E-state index contributed by atoms with van der Waals surface area (Å²) < 4.78 is 6.56. The van der Waals surface area contributed by atoms with Gasteiger partial charge in [0.1, 0.15) is 10.5 Å². The van der Waals surface area contributed by atoms with Crippen molar-refractivity contribution in [3.63, 3.8) is 0 Å². The summed E-state index contributed by atoms with van der Waals surface area (Å²) >= 11 is 6.92. The lowest BCUT2D eigenvalue weighted by Gasteiger charge is -2.24. The van der Waals surface area contributed by atoms with Crippen LogP contribution in [0.3, 0.4) is 0 Å². The molecular formula is C8H15NOS2. The smallest absolute Gasteiger partial charge is 0.138 e. The van der Waals surface area contributed by atoms with Crippen LogP contribution in [0.25, 0.3) is 0 Å². The molecule has 1 atom stereocenters. The summed E-state index contributed by atoms with van der Waals surface area (Å²) in [6, 6.07) is 0. The third-order valence-corrected chi connectivity index (χ3v) is 3.25. The summed E-state index contributed by atoms with van der Waals surface area (Å²) in [5.74, 6) is 1.11. The standard InChI is InChI=1S/C8H15NOS2/c1-3-5-10-7(2)9-4-6-12-8(9)11/h7H,3-6H2,1-2H3. The zero-order valence-electron chi connectivity index (χ0n) is 7.58. The van der Waals surface area contributed by atoms with Crippen LogP contribution in [0.15, 0.2) is 0 Å². The van der Waals surface area contributed by atoms with Crippen molar-refractivity contribution in [3.8, 4) is 0 Å². The van der Waals surface area contributed by atoms with E-state index in [1.807, 2.05) is 0 Å². The Morgan fingerprint density at radius 3 is 3.00 bits per heavy atom. The minimum Gasteiger partial charge on any atom is -0.359 e. The Hall–Kier alpha value is 0.200. The zero-order chi connectivity index (χ0) is 8.97. The monoisotopic (exact) mass is 205 g/mol. The Kier molecular flexibility index (Phi) is 4.32. The number of ether oxygens (including phenoxy) is 1. The molecule has 0 radical (unpaired) electrons. The van der Waals surface area contributed by atoms with Gasteiger partial charge in [0.15, 0.2) is 0 Å². The molecule has 1 fully saturated rings. The van der Waals surface area contributed by atoms with Crippen LogP contribution in [0.4, 0.5) is 0 Å². The molecule has 1 rings (SSSR count). The Morgan fingerprint density at radius 1 is 1.75 bits per heavy atom. The van der Waals surface area contributed by atoms with Gasteiger partial charge in [-0.3, -0.25) is 0 Å². The normalized spacial score (nSPS) is 20.2. The van der Waals surface area contributed by atoms with Gasteiger partial charge in [0, 0.05) is 18.9 Å². The fraction of sp³-hybridized carbons (Fsp3) is 0.875. The van der Waals surface area contributed by atoms with Crippen molar-refractivity contribution in [3.05, 3.63) is 0 Å². The first kappa shape index (κ1) is 10.3. The van der Waals surface area contributed by atoms with Gasteiger partial charge in [-0.15, -0.1) is 0 Å². The molecule has 1 unspecified atom stereocenters. The van der Waals surface area contributed by atoms with Crippen LogP contribution >= 0.6 is 24.0 Å². The average molecular weight is 205 g/mol. The van der Waals surface area contributed by atoms with Crippen molar-refractivity contribution < 1.29 is 4.74 Å². The Labute approximate surface area is 83.6 Å². The Balaban J connectivity index is 2.30. The molecule has 1 aliphatic rings. The number of hydrogen-bond acceptors (Lipinski definition) is 3. The molecule has 12 heavy (non-hydrogen) atoms. The van der Waals surface area contributed by atoms with Gasteiger partial charge in [-0.1, -0.05) is 30.9 Å². The molecule has 1 heterocycles. The van der Waals surface area contributed by atoms with Gasteiger partial charge >= 0.3 is 0 Å². The van der Waals surface area contributed by atoms with E-state index < -0.39 is 0 Å². The Bertz CT molecular complexity index is 163. The third-order valence-electron chi connectivity index (χ3n) is 1.79. The van der Waals surface area contributed by atoms with E-state index >= 15 is 0 Å². The Morgan fingerprint density at radius 2 is 2.50 bits per heavy atom. The zero-order valence-corrected chi connectivity index (χ0v) is 9.21. The van der Waals surface area contributed by atoms with E-state index in [0.29, 0.717) is 0 Å². The van der Waals surface area contributed by atoms with Crippen LogP contribution in [0, 0.1) is 0 Å². The quantitative estimate of drug-likeness (QED) is 0.651. The van der Waals surface area contributed by atoms with Gasteiger partial charge in [-0.05, 0) is 13.3 Å². The molecule has 70 valence electrons. The summed E-state index contributed by atoms with van der Waals surface area (Å²) in [6.45, 7) is 6.04. The van der Waals surface area contributed by atoms with Gasteiger partial charge in [0.25, 0.3) is 0 Å². The van der Waals surface area contributed by atoms with E-state index in [9.17, 15) is 0 Å². The van der Waals surface area contributed by atoms with E-state index in [2.05, 4.69) is 18.7 Å². The average Bonchev–Trinajstić information content (AvgIpc) is 2.47. The first-order valence-corrected chi connectivity index (χ1v) is 5.70. The molecular weight excluding hydrogens is 190 g/mol. The van der Waals surface area contributed by atoms with Crippen LogP contribution in [0.5, 0.6) is 0 Å². The molecule has 4 heteroatoms. The predicted molar refractivity (Wildman–Crippen MR) is 57.5 cm³/mol. The summed E-state index contributed by atoms with van der Waals surface area (Å²) in [4.78, 5) is 2.15. The molecule has 1 aliphatic heterocycles. The SMILES string of the molecule is CCCOC(C)N1CCSC1=S. The third kappa shape index (κ3) is 2.61. The number of hydrogen-bond donors (Lipinski definition) is 0. The lowest BCUT2D eigenvalue weighted by molar-refractivity contribution is -0.00668. The second kappa shape index (κ2) is 5.04. The van der Waals surface area contributed by atoms with Crippen LogP contribution in [0.2, 0.25) is 0 Å². The molecule has 1 saturated heterocycles. The summed E-state index contributed by atoms with van der Waals surface area (Å²) in [5, 5.41) is 0. The molecule has 0 aromatic carbocycles. The van der Waals surface area contributed by atoms with E-state index in [-0.39, 0.29) is 6.23 Å². The molecule has 0 aromatic rings. The van der Waals surface area contributed by atoms with Gasteiger partial charge < -0.3 is 9.64 Å². The van der Waals surface area contributed by atoms with Gasteiger partial charge in [0.2, 0.25) is 0 Å². The van der Waals surface area contributed by atoms with Crippen molar-refractivity contribution in [1.29, 1.82) is 0 Å². The first-order valence-electron chi connectivity index (χ1n) is 4.30. The minimum atomic E-state index is 0.160. The highest BCUT2D eigenvalue weighted by Crippen LogP contribution is 2.20. The lowest BCUT2D eigenvalue weighted by atomic mass is 10.5. The van der Waals surface area contributed by atoms with Gasteiger partial charge in [-0.2, -0.15) is 0 Å². The first-order chi connectivity index (χ1) is 5.75. The van der Waals surface area contributed by atoms with E-state index in [0.717, 1.165) is 29.6 Å². The molecule has 0 N–H and O–H groups in total. The largest absolute Gasteiger partial charge is 0.359 e. The molecule has 0 saturated carbocycles. The van der Waals surface area contributed by atoms with Gasteiger partial charge in [0.05, 0.1) is 0 Å². The summed E-state index contributed by atoms with van der Waals surface area (Å²) in [6.07, 6.45) is 1.23. The highest BCUT2D eigenvalue weighted by atomic mass is 32.2. The van der Waals surface area contributed by atoms with Crippen LogP contribution < -0.4 is 0 Å². The summed E-state index contributed by atoms with van der Waals surface area (Å²) in [5.41, 5.74) is 0. The maximum Gasteiger partial charge on any atom is 0.138 e. The molecule has 0 spiro atoms. The number of thioether (sulfide) groups is 1. The fourth-order valence-electron chi connectivity index (χ4n) is 1.11. The van der Waals surface area contributed by atoms with Crippen LogP contribution in [-0.4, -0.2) is 34.4 Å². The lowest BCUT2D eigenvalue weighted by Crippen LogP contribution is -2.35. The highest BCUT2D eigenvalue weighted by Gasteiger charge is 2.22. The van der Waals surface area contributed by atoms with Crippen molar-refractivity contribution >= 4 is 28.3 Å². The van der Waals surface area contributed by atoms with Crippen molar-refractivity contribution in [2.45, 2.75) is 26.5 Å². The predicted octanol–water partition coefficient (Wildman–Crippen LogP) is 2.09. The maximum absolute atomic E-state index is 5.57. The van der Waals surface area contributed by atoms with Crippen molar-refractivity contribution in [1.82, 2.24) is 4.90 Å². The molecule has 0 aliphatic carbocycles.